The smallest absolute Gasteiger partial charge is 0.161 e. The van der Waals surface area contributed by atoms with Gasteiger partial charge in [-0.3, -0.25) is 4.90 Å². The van der Waals surface area contributed by atoms with Gasteiger partial charge in [-0.2, -0.15) is 0 Å². The number of hydrogen-bond acceptors (Lipinski definition) is 5. The van der Waals surface area contributed by atoms with Crippen LogP contribution in [-0.2, 0) is 12.0 Å². The number of aromatic hydroxyl groups is 1. The van der Waals surface area contributed by atoms with Crippen molar-refractivity contribution < 1.29 is 28.5 Å². The molecule has 2 aromatic rings. The van der Waals surface area contributed by atoms with Gasteiger partial charge in [0.1, 0.15) is 17.8 Å². The number of phenolic OH excluding ortho intramolecular Hbond substituents is 1. The highest BCUT2D eigenvalue weighted by molar-refractivity contribution is 5.32. The predicted molar refractivity (Wildman–Crippen MR) is 106 cm³/mol. The molecule has 1 aliphatic heterocycles. The Hall–Kier alpha value is -2.13. The Morgan fingerprint density at radius 3 is 2.50 bits per heavy atom. The van der Waals surface area contributed by atoms with Crippen molar-refractivity contribution in [2.45, 2.75) is 24.7 Å². The van der Waals surface area contributed by atoms with Gasteiger partial charge in [0.2, 0.25) is 0 Å². The van der Waals surface area contributed by atoms with Gasteiger partial charge in [-0.05, 0) is 49.8 Å². The van der Waals surface area contributed by atoms with Crippen LogP contribution in [0.5, 0.6) is 5.75 Å². The second kappa shape index (κ2) is 8.93. The number of likely N-dealkylation sites (tertiary alicyclic amines) is 1. The Morgan fingerprint density at radius 1 is 1.13 bits per heavy atom. The SMILES string of the molecule is CN(C)C[C@H]1CN(C(O)Cc2cc(F)c(F)cc2F)CC[C@]1(O)c1cccc(O)c1. The van der Waals surface area contributed by atoms with E-state index in [4.69, 9.17) is 0 Å². The van der Waals surface area contributed by atoms with Crippen LogP contribution >= 0.6 is 0 Å². The summed E-state index contributed by atoms with van der Waals surface area (Å²) in [7, 11) is 3.74. The summed E-state index contributed by atoms with van der Waals surface area (Å²) in [6.45, 7) is 1.12. The van der Waals surface area contributed by atoms with Crippen molar-refractivity contribution in [3.8, 4) is 5.75 Å². The third-order valence-corrected chi connectivity index (χ3v) is 5.76. The van der Waals surface area contributed by atoms with Crippen LogP contribution in [0, 0.1) is 23.4 Å². The summed E-state index contributed by atoms with van der Waals surface area (Å²) < 4.78 is 40.6. The van der Waals surface area contributed by atoms with Crippen molar-refractivity contribution in [1.29, 1.82) is 0 Å². The highest BCUT2D eigenvalue weighted by Crippen LogP contribution is 2.39. The van der Waals surface area contributed by atoms with E-state index >= 15 is 0 Å². The Kier molecular flexibility index (Phi) is 6.71. The van der Waals surface area contributed by atoms with Crippen molar-refractivity contribution in [3.05, 3.63) is 65.0 Å². The Balaban J connectivity index is 1.80. The molecule has 0 spiro atoms. The number of aliphatic hydroxyl groups is 2. The topological polar surface area (TPSA) is 67.2 Å². The number of halogens is 3. The fourth-order valence-corrected chi connectivity index (χ4v) is 4.17. The maximum absolute atomic E-state index is 14.0. The van der Waals surface area contributed by atoms with Crippen LogP contribution in [-0.4, -0.2) is 65.1 Å². The normalized spacial score (nSPS) is 23.7. The second-order valence-electron chi connectivity index (χ2n) is 8.22. The van der Waals surface area contributed by atoms with E-state index in [1.54, 1.807) is 17.0 Å². The number of phenols is 1. The Morgan fingerprint density at radius 2 is 1.83 bits per heavy atom. The molecule has 30 heavy (non-hydrogen) atoms. The molecule has 0 saturated carbocycles. The van der Waals surface area contributed by atoms with Gasteiger partial charge in [0.05, 0.1) is 5.60 Å². The minimum atomic E-state index is -1.27. The number of aliphatic hydroxyl groups excluding tert-OH is 1. The van der Waals surface area contributed by atoms with Crippen LogP contribution in [0.1, 0.15) is 17.5 Å². The fourth-order valence-electron chi connectivity index (χ4n) is 4.17. The summed E-state index contributed by atoms with van der Waals surface area (Å²) in [6.07, 6.45) is -1.04. The molecular weight excluding hydrogens is 397 g/mol. The summed E-state index contributed by atoms with van der Waals surface area (Å²) in [5, 5.41) is 32.0. The minimum absolute atomic E-state index is 0.0563. The van der Waals surface area contributed by atoms with Crippen LogP contribution in [0.25, 0.3) is 0 Å². The molecule has 0 amide bonds. The van der Waals surface area contributed by atoms with E-state index < -0.39 is 29.3 Å². The van der Waals surface area contributed by atoms with Gasteiger partial charge in [0, 0.05) is 38.0 Å². The molecule has 0 radical (unpaired) electrons. The molecule has 2 aromatic carbocycles. The van der Waals surface area contributed by atoms with Gasteiger partial charge in [-0.25, -0.2) is 13.2 Å². The lowest BCUT2D eigenvalue weighted by Crippen LogP contribution is -2.55. The van der Waals surface area contributed by atoms with Gasteiger partial charge < -0.3 is 20.2 Å². The van der Waals surface area contributed by atoms with Gasteiger partial charge >= 0.3 is 0 Å². The fraction of sp³-hybridized carbons (Fsp3) is 0.455. The first-order valence-electron chi connectivity index (χ1n) is 9.82. The molecule has 5 nitrogen and oxygen atoms in total. The second-order valence-corrected chi connectivity index (χ2v) is 8.22. The highest BCUT2D eigenvalue weighted by atomic mass is 19.2. The van der Waals surface area contributed by atoms with Gasteiger partial charge in [0.15, 0.2) is 11.6 Å². The number of nitrogens with zero attached hydrogens (tertiary/aromatic N) is 2. The maximum Gasteiger partial charge on any atom is 0.161 e. The summed E-state index contributed by atoms with van der Waals surface area (Å²) in [5.74, 6) is -3.61. The molecule has 3 atom stereocenters. The third-order valence-electron chi connectivity index (χ3n) is 5.76. The average molecular weight is 424 g/mol. The van der Waals surface area contributed by atoms with Gasteiger partial charge in [-0.15, -0.1) is 0 Å². The molecule has 1 heterocycles. The summed E-state index contributed by atoms with van der Waals surface area (Å²) in [6, 6.07) is 7.73. The maximum atomic E-state index is 14.0. The van der Waals surface area contributed by atoms with Crippen LogP contribution < -0.4 is 0 Å². The third kappa shape index (κ3) is 4.78. The first kappa shape index (κ1) is 22.6. The van der Waals surface area contributed by atoms with Crippen LogP contribution in [0.2, 0.25) is 0 Å². The molecule has 0 aliphatic carbocycles. The Labute approximate surface area is 174 Å². The summed E-state index contributed by atoms with van der Waals surface area (Å²) in [5.41, 5.74) is -0.735. The van der Waals surface area contributed by atoms with Crippen molar-refractivity contribution in [2.24, 2.45) is 5.92 Å². The van der Waals surface area contributed by atoms with Crippen molar-refractivity contribution in [3.63, 3.8) is 0 Å². The van der Waals surface area contributed by atoms with Crippen LogP contribution in [0.3, 0.4) is 0 Å². The van der Waals surface area contributed by atoms with E-state index in [1.807, 2.05) is 19.0 Å². The molecule has 8 heteroatoms. The number of piperidine rings is 1. The van der Waals surface area contributed by atoms with Crippen molar-refractivity contribution in [2.75, 3.05) is 33.7 Å². The van der Waals surface area contributed by atoms with E-state index in [2.05, 4.69) is 0 Å². The van der Waals surface area contributed by atoms with E-state index in [0.29, 0.717) is 31.3 Å². The number of benzene rings is 2. The molecular formula is C22H27F3N2O3. The molecule has 3 N–H and O–H groups in total. The zero-order valence-electron chi connectivity index (χ0n) is 17.0. The quantitative estimate of drug-likeness (QED) is 0.622. The lowest BCUT2D eigenvalue weighted by atomic mass is 9.75. The molecule has 1 saturated heterocycles. The molecule has 1 unspecified atom stereocenters. The molecule has 0 bridgehead atoms. The van der Waals surface area contributed by atoms with Gasteiger partial charge in [-0.1, -0.05) is 12.1 Å². The molecule has 3 rings (SSSR count). The van der Waals surface area contributed by atoms with E-state index in [1.165, 1.54) is 12.1 Å². The van der Waals surface area contributed by atoms with E-state index in [0.717, 1.165) is 6.07 Å². The summed E-state index contributed by atoms with van der Waals surface area (Å²) >= 11 is 0. The highest BCUT2D eigenvalue weighted by Gasteiger charge is 2.44. The standard InChI is InChI=1S/C22H27F3N2O3/c1-26(2)12-16-13-27(7-6-22(16,30)15-4-3-5-17(28)10-15)21(29)9-14-8-19(24)20(25)11-18(14)23/h3-5,8,10-11,16,21,28-30H,6-7,9,12-13H2,1-2H3/t16-,21?,22-/m0/s1. The van der Waals surface area contributed by atoms with Crippen LogP contribution in [0.15, 0.2) is 36.4 Å². The first-order chi connectivity index (χ1) is 14.1. The largest absolute Gasteiger partial charge is 0.508 e. The number of hydrogen-bond donors (Lipinski definition) is 3. The lowest BCUT2D eigenvalue weighted by molar-refractivity contribution is -0.120. The summed E-state index contributed by atoms with van der Waals surface area (Å²) in [4.78, 5) is 3.62. The Bertz CT molecular complexity index is 896. The molecule has 1 aliphatic rings. The lowest BCUT2D eigenvalue weighted by Gasteiger charge is -2.47. The minimum Gasteiger partial charge on any atom is -0.508 e. The zero-order valence-corrected chi connectivity index (χ0v) is 17.0. The number of rotatable bonds is 6. The molecule has 164 valence electrons. The molecule has 0 aromatic heterocycles. The van der Waals surface area contributed by atoms with Gasteiger partial charge in [0.25, 0.3) is 0 Å². The zero-order chi connectivity index (χ0) is 22.1. The van der Waals surface area contributed by atoms with E-state index in [-0.39, 0.29) is 30.1 Å². The first-order valence-corrected chi connectivity index (χ1v) is 9.82. The molecule has 1 fully saturated rings. The van der Waals surface area contributed by atoms with Crippen molar-refractivity contribution >= 4 is 0 Å². The average Bonchev–Trinajstić information content (AvgIpc) is 2.67. The monoisotopic (exact) mass is 424 g/mol. The van der Waals surface area contributed by atoms with Crippen LogP contribution in [0.4, 0.5) is 13.2 Å². The predicted octanol–water partition coefficient (Wildman–Crippen LogP) is 2.44. The van der Waals surface area contributed by atoms with Crippen molar-refractivity contribution in [1.82, 2.24) is 9.80 Å². The van der Waals surface area contributed by atoms with E-state index in [9.17, 15) is 28.5 Å².